The SMILES string of the molecule is O=S(=O)(CCCCNC1CC1)Nc1cc(Cl)c(F)c(Cl)c1. The summed E-state index contributed by atoms with van der Waals surface area (Å²) >= 11 is 11.3. The average molecular weight is 355 g/mol. The first kappa shape index (κ1) is 16.8. The van der Waals surface area contributed by atoms with Crippen molar-refractivity contribution in [2.45, 2.75) is 31.7 Å². The molecule has 0 aliphatic heterocycles. The molecule has 21 heavy (non-hydrogen) atoms. The van der Waals surface area contributed by atoms with E-state index in [-0.39, 0.29) is 21.5 Å². The Bertz CT molecular complexity index is 583. The number of hydrogen-bond donors (Lipinski definition) is 2. The second-order valence-electron chi connectivity index (χ2n) is 5.11. The van der Waals surface area contributed by atoms with Crippen LogP contribution in [0.3, 0.4) is 0 Å². The minimum atomic E-state index is -3.48. The Morgan fingerprint density at radius 1 is 1.19 bits per heavy atom. The first-order valence-corrected chi connectivity index (χ1v) is 9.16. The maximum atomic E-state index is 13.3. The van der Waals surface area contributed by atoms with Crippen molar-refractivity contribution < 1.29 is 12.8 Å². The number of hydrogen-bond acceptors (Lipinski definition) is 3. The van der Waals surface area contributed by atoms with E-state index >= 15 is 0 Å². The Hall–Kier alpha value is -0.560. The number of benzene rings is 1. The summed E-state index contributed by atoms with van der Waals surface area (Å²) in [5.74, 6) is -0.751. The molecule has 2 rings (SSSR count). The summed E-state index contributed by atoms with van der Waals surface area (Å²) in [6.45, 7) is 0.828. The minimum absolute atomic E-state index is 0.00591. The van der Waals surface area contributed by atoms with E-state index in [0.717, 1.165) is 13.0 Å². The fraction of sp³-hybridized carbons (Fsp3) is 0.538. The third-order valence-corrected chi connectivity index (χ3v) is 5.03. The number of nitrogens with one attached hydrogen (secondary N) is 2. The number of halogens is 3. The number of anilines is 1. The monoisotopic (exact) mass is 354 g/mol. The maximum Gasteiger partial charge on any atom is 0.232 e. The van der Waals surface area contributed by atoms with Crippen molar-refractivity contribution in [2.75, 3.05) is 17.0 Å². The summed E-state index contributed by atoms with van der Waals surface area (Å²) in [6.07, 6.45) is 3.78. The predicted molar refractivity (Wildman–Crippen MR) is 84.1 cm³/mol. The summed E-state index contributed by atoms with van der Waals surface area (Å²) in [5.41, 5.74) is 0.169. The van der Waals surface area contributed by atoms with Crippen molar-refractivity contribution in [1.82, 2.24) is 5.32 Å². The van der Waals surface area contributed by atoms with Crippen LogP contribution < -0.4 is 10.0 Å². The molecule has 0 heterocycles. The van der Waals surface area contributed by atoms with Gasteiger partial charge in [0.15, 0.2) is 5.82 Å². The summed E-state index contributed by atoms with van der Waals surface area (Å²) in [6, 6.07) is 3.03. The van der Waals surface area contributed by atoms with Gasteiger partial charge in [0.05, 0.1) is 21.5 Å². The second-order valence-corrected chi connectivity index (χ2v) is 7.77. The molecular weight excluding hydrogens is 338 g/mol. The van der Waals surface area contributed by atoms with E-state index in [2.05, 4.69) is 10.0 Å². The zero-order chi connectivity index (χ0) is 15.5. The third kappa shape index (κ3) is 5.62. The molecule has 118 valence electrons. The van der Waals surface area contributed by atoms with Crippen molar-refractivity contribution >= 4 is 38.9 Å². The highest BCUT2D eigenvalue weighted by molar-refractivity contribution is 7.92. The second kappa shape index (κ2) is 7.13. The standard InChI is InChI=1S/C13H17Cl2FN2O2S/c14-11-7-10(8-12(15)13(11)16)18-21(19,20)6-2-1-5-17-9-3-4-9/h7-9,17-18H,1-6H2. The summed E-state index contributed by atoms with van der Waals surface area (Å²) < 4.78 is 39.4. The smallest absolute Gasteiger partial charge is 0.232 e. The Balaban J connectivity index is 1.82. The molecule has 0 atom stereocenters. The fourth-order valence-corrected chi connectivity index (χ4v) is 3.51. The van der Waals surface area contributed by atoms with Crippen LogP contribution in [-0.4, -0.2) is 26.8 Å². The van der Waals surface area contributed by atoms with Gasteiger partial charge in [-0.15, -0.1) is 0 Å². The van der Waals surface area contributed by atoms with Gasteiger partial charge in [-0.3, -0.25) is 4.72 Å². The molecule has 0 amide bonds. The largest absolute Gasteiger partial charge is 0.314 e. The highest BCUT2D eigenvalue weighted by atomic mass is 35.5. The Kier molecular flexibility index (Phi) is 5.71. The summed E-state index contributed by atoms with van der Waals surface area (Å²) in [5, 5.41) is 2.89. The molecule has 0 unspecified atom stereocenters. The van der Waals surface area contributed by atoms with E-state index in [1.54, 1.807) is 0 Å². The van der Waals surface area contributed by atoms with Crippen LogP contribution >= 0.6 is 23.2 Å². The Morgan fingerprint density at radius 2 is 1.81 bits per heavy atom. The van der Waals surface area contributed by atoms with Gasteiger partial charge in [-0.05, 0) is 44.4 Å². The zero-order valence-corrected chi connectivity index (χ0v) is 13.7. The molecule has 1 saturated carbocycles. The number of rotatable bonds is 8. The number of unbranched alkanes of at least 4 members (excludes halogenated alkanes) is 1. The van der Waals surface area contributed by atoms with Crippen LogP contribution in [0.4, 0.5) is 10.1 Å². The van der Waals surface area contributed by atoms with E-state index in [9.17, 15) is 12.8 Å². The van der Waals surface area contributed by atoms with E-state index in [1.165, 1.54) is 25.0 Å². The number of sulfonamides is 1. The molecule has 0 aromatic heterocycles. The van der Waals surface area contributed by atoms with Gasteiger partial charge in [0.25, 0.3) is 0 Å². The van der Waals surface area contributed by atoms with Gasteiger partial charge < -0.3 is 5.32 Å². The fourth-order valence-electron chi connectivity index (χ4n) is 1.86. The molecule has 1 aromatic rings. The van der Waals surface area contributed by atoms with Crippen LogP contribution in [0.15, 0.2) is 12.1 Å². The summed E-state index contributed by atoms with van der Waals surface area (Å²) in [4.78, 5) is 0. The zero-order valence-electron chi connectivity index (χ0n) is 11.3. The molecule has 0 bridgehead atoms. The van der Waals surface area contributed by atoms with Crippen molar-refractivity contribution in [3.05, 3.63) is 28.0 Å². The van der Waals surface area contributed by atoms with E-state index in [1.807, 2.05) is 0 Å². The normalized spacial score (nSPS) is 15.2. The van der Waals surface area contributed by atoms with Crippen LogP contribution in [0.5, 0.6) is 0 Å². The molecule has 0 radical (unpaired) electrons. The van der Waals surface area contributed by atoms with Crippen molar-refractivity contribution in [2.24, 2.45) is 0 Å². The van der Waals surface area contributed by atoms with Crippen LogP contribution in [0.1, 0.15) is 25.7 Å². The van der Waals surface area contributed by atoms with E-state index in [0.29, 0.717) is 12.5 Å². The first-order chi connectivity index (χ1) is 9.87. The lowest BCUT2D eigenvalue weighted by Crippen LogP contribution is -2.20. The lowest BCUT2D eigenvalue weighted by Gasteiger charge is -2.09. The van der Waals surface area contributed by atoms with Crippen molar-refractivity contribution in [1.29, 1.82) is 0 Å². The highest BCUT2D eigenvalue weighted by Gasteiger charge is 2.19. The van der Waals surface area contributed by atoms with Crippen LogP contribution in [0.2, 0.25) is 10.0 Å². The van der Waals surface area contributed by atoms with Gasteiger partial charge >= 0.3 is 0 Å². The van der Waals surface area contributed by atoms with Crippen molar-refractivity contribution in [3.63, 3.8) is 0 Å². The Morgan fingerprint density at radius 3 is 2.38 bits per heavy atom. The van der Waals surface area contributed by atoms with Gasteiger partial charge in [-0.2, -0.15) is 0 Å². The molecule has 1 aliphatic rings. The topological polar surface area (TPSA) is 58.2 Å². The van der Waals surface area contributed by atoms with E-state index in [4.69, 9.17) is 23.2 Å². The van der Waals surface area contributed by atoms with Crippen LogP contribution in [0, 0.1) is 5.82 Å². The van der Waals surface area contributed by atoms with Crippen LogP contribution in [0.25, 0.3) is 0 Å². The van der Waals surface area contributed by atoms with Gasteiger partial charge in [0.1, 0.15) is 0 Å². The summed E-state index contributed by atoms with van der Waals surface area (Å²) in [7, 11) is -3.48. The molecule has 8 heteroatoms. The molecule has 1 fully saturated rings. The maximum absolute atomic E-state index is 13.3. The first-order valence-electron chi connectivity index (χ1n) is 6.76. The highest BCUT2D eigenvalue weighted by Crippen LogP contribution is 2.27. The molecular formula is C13H17Cl2FN2O2S. The quantitative estimate of drug-likeness (QED) is 0.555. The average Bonchev–Trinajstić information content (AvgIpc) is 3.19. The molecule has 4 nitrogen and oxygen atoms in total. The van der Waals surface area contributed by atoms with Gasteiger partial charge in [-0.1, -0.05) is 23.2 Å². The van der Waals surface area contributed by atoms with Gasteiger partial charge in [0, 0.05) is 6.04 Å². The lowest BCUT2D eigenvalue weighted by molar-refractivity contribution is 0.590. The molecule has 0 saturated heterocycles. The van der Waals surface area contributed by atoms with Gasteiger partial charge in [-0.25, -0.2) is 12.8 Å². The third-order valence-electron chi connectivity index (χ3n) is 3.11. The van der Waals surface area contributed by atoms with Gasteiger partial charge in [0.2, 0.25) is 10.0 Å². The molecule has 2 N–H and O–H groups in total. The Labute approximate surface area is 134 Å². The van der Waals surface area contributed by atoms with E-state index < -0.39 is 15.8 Å². The molecule has 1 aromatic carbocycles. The predicted octanol–water partition coefficient (Wildman–Crippen LogP) is 3.41. The minimum Gasteiger partial charge on any atom is -0.314 e. The lowest BCUT2D eigenvalue weighted by atomic mass is 10.3. The molecule has 0 spiro atoms. The molecule has 1 aliphatic carbocycles. The van der Waals surface area contributed by atoms with Crippen molar-refractivity contribution in [3.8, 4) is 0 Å². The van der Waals surface area contributed by atoms with Crippen LogP contribution in [-0.2, 0) is 10.0 Å².